The molecule has 0 bridgehead atoms. The van der Waals surface area contributed by atoms with Crippen molar-refractivity contribution in [3.8, 4) is 5.75 Å². The smallest absolute Gasteiger partial charge is 0.309 e. The van der Waals surface area contributed by atoms with Crippen LogP contribution in [-0.4, -0.2) is 33.0 Å². The van der Waals surface area contributed by atoms with Crippen molar-refractivity contribution in [1.29, 1.82) is 0 Å². The molecule has 5 rings (SSSR count). The van der Waals surface area contributed by atoms with Crippen molar-refractivity contribution in [1.82, 2.24) is 9.71 Å². The lowest BCUT2D eigenvalue weighted by atomic mass is 10.1. The summed E-state index contributed by atoms with van der Waals surface area (Å²) >= 11 is 0. The molecular weight excluding hydrogens is 512 g/mol. The average molecular weight is 541 g/mol. The van der Waals surface area contributed by atoms with Crippen LogP contribution in [0.25, 0.3) is 21.7 Å². The van der Waals surface area contributed by atoms with Crippen LogP contribution < -0.4 is 9.46 Å². The lowest BCUT2D eigenvalue weighted by Crippen LogP contribution is -2.26. The lowest BCUT2D eigenvalue weighted by Gasteiger charge is -2.10. The standard InChI is InChI=1S/C31H28N2O5S/c1-37-31(34)18-23-8-6-22(7-9-23)16-17-32-39(35,36)29-15-12-24-11-14-28(19-26(24)20-29)38-21-27-13-10-25-4-2-3-5-30(25)33-27/h2-15,19-20,32H,16-18,21H2,1H3. The van der Waals surface area contributed by atoms with E-state index in [1.54, 1.807) is 18.2 Å². The van der Waals surface area contributed by atoms with Crippen molar-refractivity contribution in [2.24, 2.45) is 0 Å². The number of esters is 1. The molecule has 5 aromatic rings. The van der Waals surface area contributed by atoms with Crippen molar-refractivity contribution >= 4 is 37.7 Å². The van der Waals surface area contributed by atoms with E-state index in [4.69, 9.17) is 4.74 Å². The predicted octanol–water partition coefficient (Wildman–Crippen LogP) is 5.20. The summed E-state index contributed by atoms with van der Waals surface area (Å²) in [6.45, 7) is 0.554. The minimum absolute atomic E-state index is 0.191. The first kappa shape index (κ1) is 26.3. The summed E-state index contributed by atoms with van der Waals surface area (Å²) in [7, 11) is -2.34. The van der Waals surface area contributed by atoms with Gasteiger partial charge in [0.25, 0.3) is 0 Å². The van der Waals surface area contributed by atoms with Gasteiger partial charge in [-0.3, -0.25) is 4.79 Å². The molecule has 0 spiro atoms. The number of methoxy groups -OCH3 is 1. The minimum atomic E-state index is -3.70. The van der Waals surface area contributed by atoms with Gasteiger partial charge in [-0.25, -0.2) is 18.1 Å². The van der Waals surface area contributed by atoms with Crippen LogP contribution in [0.15, 0.2) is 102 Å². The Morgan fingerprint density at radius 1 is 0.821 bits per heavy atom. The first-order valence-electron chi connectivity index (χ1n) is 12.6. The van der Waals surface area contributed by atoms with Gasteiger partial charge in [0, 0.05) is 11.9 Å². The van der Waals surface area contributed by atoms with Crippen LogP contribution in [0.1, 0.15) is 16.8 Å². The van der Waals surface area contributed by atoms with Crippen molar-refractivity contribution in [3.05, 3.63) is 114 Å². The van der Waals surface area contributed by atoms with Crippen molar-refractivity contribution < 1.29 is 22.7 Å². The molecular formula is C31H28N2O5S. The van der Waals surface area contributed by atoms with Gasteiger partial charge in [0.05, 0.1) is 29.6 Å². The SMILES string of the molecule is COC(=O)Cc1ccc(CCNS(=O)(=O)c2ccc3ccc(OCc4ccc5ccccc5n4)cc3c2)cc1. The summed E-state index contributed by atoms with van der Waals surface area (Å²) in [6.07, 6.45) is 0.727. The number of benzene rings is 4. The third-order valence-corrected chi connectivity index (χ3v) is 7.90. The normalized spacial score (nSPS) is 11.5. The molecule has 0 atom stereocenters. The molecule has 0 radical (unpaired) electrons. The van der Waals surface area contributed by atoms with Crippen LogP contribution in [-0.2, 0) is 39.0 Å². The summed E-state index contributed by atoms with van der Waals surface area (Å²) in [4.78, 5) is 16.2. The van der Waals surface area contributed by atoms with Crippen LogP contribution in [0, 0.1) is 0 Å². The maximum Gasteiger partial charge on any atom is 0.309 e. The first-order chi connectivity index (χ1) is 18.9. The van der Waals surface area contributed by atoms with Gasteiger partial charge in [-0.2, -0.15) is 0 Å². The first-order valence-corrected chi connectivity index (χ1v) is 14.0. The Morgan fingerprint density at radius 2 is 1.56 bits per heavy atom. The molecule has 39 heavy (non-hydrogen) atoms. The van der Waals surface area contributed by atoms with Gasteiger partial charge < -0.3 is 9.47 Å². The number of hydrogen-bond donors (Lipinski definition) is 1. The number of aromatic nitrogens is 1. The Hall–Kier alpha value is -4.27. The topological polar surface area (TPSA) is 94.6 Å². The minimum Gasteiger partial charge on any atom is -0.487 e. The number of para-hydroxylation sites is 1. The molecule has 198 valence electrons. The van der Waals surface area contributed by atoms with E-state index in [0.717, 1.165) is 38.5 Å². The maximum atomic E-state index is 13.0. The van der Waals surface area contributed by atoms with Gasteiger partial charge in [0.1, 0.15) is 12.4 Å². The number of sulfonamides is 1. The fraction of sp³-hybridized carbons (Fsp3) is 0.161. The number of carbonyl (C=O) groups excluding carboxylic acids is 1. The lowest BCUT2D eigenvalue weighted by molar-refractivity contribution is -0.139. The van der Waals surface area contributed by atoms with Gasteiger partial charge in [-0.1, -0.05) is 60.7 Å². The summed E-state index contributed by atoms with van der Waals surface area (Å²) < 4.78 is 39.3. The van der Waals surface area contributed by atoms with E-state index in [0.29, 0.717) is 18.8 Å². The zero-order valence-electron chi connectivity index (χ0n) is 21.5. The Kier molecular flexibility index (Phi) is 7.86. The molecule has 0 aliphatic heterocycles. The van der Waals surface area contributed by atoms with Crippen LogP contribution in [0.5, 0.6) is 5.75 Å². The molecule has 0 aliphatic carbocycles. The van der Waals surface area contributed by atoms with Crippen LogP contribution in [0.2, 0.25) is 0 Å². The van der Waals surface area contributed by atoms with E-state index in [-0.39, 0.29) is 23.8 Å². The van der Waals surface area contributed by atoms with Gasteiger partial charge >= 0.3 is 5.97 Å². The van der Waals surface area contributed by atoms with Crippen molar-refractivity contribution in [2.75, 3.05) is 13.7 Å². The highest BCUT2D eigenvalue weighted by atomic mass is 32.2. The molecule has 1 aromatic heterocycles. The highest BCUT2D eigenvalue weighted by Gasteiger charge is 2.14. The summed E-state index contributed by atoms with van der Waals surface area (Å²) in [5, 5.41) is 2.75. The molecule has 7 nitrogen and oxygen atoms in total. The number of nitrogens with one attached hydrogen (secondary N) is 1. The molecule has 1 N–H and O–H groups in total. The summed E-state index contributed by atoms with van der Waals surface area (Å²) in [5.41, 5.74) is 3.54. The van der Waals surface area contributed by atoms with Crippen LogP contribution in [0.3, 0.4) is 0 Å². The Morgan fingerprint density at radius 3 is 2.38 bits per heavy atom. The highest BCUT2D eigenvalue weighted by molar-refractivity contribution is 7.89. The monoisotopic (exact) mass is 540 g/mol. The molecule has 0 amide bonds. The Balaban J connectivity index is 1.22. The number of ether oxygens (including phenoxy) is 2. The van der Waals surface area contributed by atoms with Gasteiger partial charge in [0.2, 0.25) is 10.0 Å². The fourth-order valence-corrected chi connectivity index (χ4v) is 5.35. The quantitative estimate of drug-likeness (QED) is 0.245. The fourth-order valence-electron chi connectivity index (χ4n) is 4.28. The zero-order chi connectivity index (χ0) is 27.2. The molecule has 0 saturated carbocycles. The van der Waals surface area contributed by atoms with E-state index in [1.165, 1.54) is 7.11 Å². The van der Waals surface area contributed by atoms with E-state index in [2.05, 4.69) is 14.4 Å². The van der Waals surface area contributed by atoms with Gasteiger partial charge in [0.15, 0.2) is 0 Å². The van der Waals surface area contributed by atoms with Gasteiger partial charge in [-0.05, 0) is 64.7 Å². The average Bonchev–Trinajstić information content (AvgIpc) is 2.96. The predicted molar refractivity (Wildman–Crippen MR) is 151 cm³/mol. The second-order valence-corrected chi connectivity index (χ2v) is 10.9. The van der Waals surface area contributed by atoms with E-state index >= 15 is 0 Å². The zero-order valence-corrected chi connectivity index (χ0v) is 22.3. The third kappa shape index (κ3) is 6.60. The molecule has 8 heteroatoms. The van der Waals surface area contributed by atoms with Crippen molar-refractivity contribution in [2.45, 2.75) is 24.3 Å². The number of pyridine rings is 1. The number of nitrogens with zero attached hydrogens (tertiary/aromatic N) is 1. The number of carbonyl (C=O) groups is 1. The highest BCUT2D eigenvalue weighted by Crippen LogP contribution is 2.25. The van der Waals surface area contributed by atoms with E-state index in [1.807, 2.05) is 78.9 Å². The molecule has 0 unspecified atom stereocenters. The van der Waals surface area contributed by atoms with Crippen molar-refractivity contribution in [3.63, 3.8) is 0 Å². The molecule has 1 heterocycles. The van der Waals surface area contributed by atoms with Crippen LogP contribution >= 0.6 is 0 Å². The number of hydrogen-bond acceptors (Lipinski definition) is 6. The number of fused-ring (bicyclic) bond motifs is 2. The summed E-state index contributed by atoms with van der Waals surface area (Å²) in [5.74, 6) is 0.335. The molecule has 0 fully saturated rings. The summed E-state index contributed by atoms with van der Waals surface area (Å²) in [6, 6.07) is 30.0. The molecule has 0 aliphatic rings. The van der Waals surface area contributed by atoms with E-state index in [9.17, 15) is 13.2 Å². The second-order valence-electron chi connectivity index (χ2n) is 9.17. The third-order valence-electron chi connectivity index (χ3n) is 6.44. The second kappa shape index (κ2) is 11.6. The maximum absolute atomic E-state index is 13.0. The van der Waals surface area contributed by atoms with Crippen LogP contribution in [0.4, 0.5) is 0 Å². The Bertz CT molecular complexity index is 1730. The Labute approximate surface area is 227 Å². The van der Waals surface area contributed by atoms with Gasteiger partial charge in [-0.15, -0.1) is 0 Å². The van der Waals surface area contributed by atoms with E-state index < -0.39 is 10.0 Å². The largest absolute Gasteiger partial charge is 0.487 e. The molecule has 4 aromatic carbocycles. The molecule has 0 saturated heterocycles. The number of rotatable bonds is 10.